The largest absolute Gasteiger partial charge is 0.420 e. The van der Waals surface area contributed by atoms with Crippen LogP contribution in [0.4, 0.5) is 0 Å². The second-order valence-corrected chi connectivity index (χ2v) is 6.43. The van der Waals surface area contributed by atoms with Gasteiger partial charge >= 0.3 is 5.97 Å². The van der Waals surface area contributed by atoms with E-state index >= 15 is 0 Å². The van der Waals surface area contributed by atoms with Gasteiger partial charge in [-0.25, -0.2) is 9.78 Å². The van der Waals surface area contributed by atoms with E-state index in [1.165, 1.54) is 17.4 Å². The second-order valence-electron chi connectivity index (χ2n) is 3.19. The molecule has 0 fully saturated rings. The number of carbonyl (C=O) groups is 1. The Kier molecular flexibility index (Phi) is 4.68. The molecule has 18 heavy (non-hydrogen) atoms. The van der Waals surface area contributed by atoms with Crippen molar-refractivity contribution in [2.24, 2.45) is 0 Å². The number of ether oxygens (including phenoxy) is 1. The van der Waals surface area contributed by atoms with E-state index in [1.54, 1.807) is 24.4 Å². The molecule has 0 saturated carbocycles. The molecule has 3 nitrogen and oxygen atoms in total. The third kappa shape index (κ3) is 3.76. The standard InChI is InChI=1S/C12H7Br2NO2S/c13-10-5-3-8(18-10)4-6-11(16)17-9-2-1-7-15-12(9)14/h1-7H. The van der Waals surface area contributed by atoms with Crippen LogP contribution in [0.15, 0.2) is 44.9 Å². The molecule has 2 heterocycles. The van der Waals surface area contributed by atoms with Crippen molar-refractivity contribution >= 4 is 55.2 Å². The average molecular weight is 389 g/mol. The number of esters is 1. The molecule has 0 spiro atoms. The van der Waals surface area contributed by atoms with Crippen LogP contribution in [0.2, 0.25) is 0 Å². The SMILES string of the molecule is O=C(C=Cc1ccc(Br)s1)Oc1cccnc1Br. The first kappa shape index (κ1) is 13.5. The molecule has 2 rings (SSSR count). The van der Waals surface area contributed by atoms with Crippen molar-refractivity contribution in [3.63, 3.8) is 0 Å². The van der Waals surface area contributed by atoms with E-state index in [1.807, 2.05) is 12.1 Å². The predicted octanol–water partition coefficient (Wildman–Crippen LogP) is 4.29. The highest BCUT2D eigenvalue weighted by atomic mass is 79.9. The number of thiophene rings is 1. The molecular weight excluding hydrogens is 382 g/mol. The Morgan fingerprint density at radius 3 is 2.83 bits per heavy atom. The molecule has 0 N–H and O–H groups in total. The summed E-state index contributed by atoms with van der Waals surface area (Å²) >= 11 is 8.10. The Labute approximate surface area is 125 Å². The number of aromatic nitrogens is 1. The fraction of sp³-hybridized carbons (Fsp3) is 0. The highest BCUT2D eigenvalue weighted by Crippen LogP contribution is 2.24. The predicted molar refractivity (Wildman–Crippen MR) is 78.6 cm³/mol. The summed E-state index contributed by atoms with van der Waals surface area (Å²) in [6.45, 7) is 0. The van der Waals surface area contributed by atoms with Gasteiger partial charge in [0.25, 0.3) is 0 Å². The molecule has 2 aromatic rings. The summed E-state index contributed by atoms with van der Waals surface area (Å²) in [6.07, 6.45) is 4.71. The topological polar surface area (TPSA) is 39.2 Å². The Morgan fingerprint density at radius 2 is 2.17 bits per heavy atom. The van der Waals surface area contributed by atoms with E-state index < -0.39 is 5.97 Å². The van der Waals surface area contributed by atoms with Crippen LogP contribution in [0, 0.1) is 0 Å². The third-order valence-corrected chi connectivity index (χ3v) is 4.10. The van der Waals surface area contributed by atoms with Gasteiger partial charge in [0.15, 0.2) is 5.75 Å². The van der Waals surface area contributed by atoms with Gasteiger partial charge in [0.2, 0.25) is 0 Å². The number of halogens is 2. The number of carbonyl (C=O) groups excluding carboxylic acids is 1. The van der Waals surface area contributed by atoms with Crippen molar-refractivity contribution in [3.05, 3.63) is 49.8 Å². The fourth-order valence-corrected chi connectivity index (χ4v) is 2.82. The summed E-state index contributed by atoms with van der Waals surface area (Å²) < 4.78 is 6.66. The lowest BCUT2D eigenvalue weighted by molar-refractivity contribution is -0.128. The lowest BCUT2D eigenvalue weighted by Gasteiger charge is -2.01. The summed E-state index contributed by atoms with van der Waals surface area (Å²) in [5, 5.41) is 0. The van der Waals surface area contributed by atoms with E-state index in [0.717, 1.165) is 8.66 Å². The van der Waals surface area contributed by atoms with Crippen LogP contribution in [0.3, 0.4) is 0 Å². The van der Waals surface area contributed by atoms with Crippen LogP contribution in [0.5, 0.6) is 5.75 Å². The second kappa shape index (κ2) is 6.26. The molecule has 0 aliphatic heterocycles. The van der Waals surface area contributed by atoms with Crippen molar-refractivity contribution in [2.45, 2.75) is 0 Å². The molecule has 2 aromatic heterocycles. The van der Waals surface area contributed by atoms with Crippen molar-refractivity contribution in [2.75, 3.05) is 0 Å². The molecule has 0 unspecified atom stereocenters. The smallest absolute Gasteiger partial charge is 0.336 e. The Bertz CT molecular complexity index is 595. The van der Waals surface area contributed by atoms with Crippen LogP contribution < -0.4 is 4.74 Å². The maximum absolute atomic E-state index is 11.6. The Hall–Kier alpha value is -0.980. The summed E-state index contributed by atoms with van der Waals surface area (Å²) in [7, 11) is 0. The molecule has 0 aliphatic rings. The van der Waals surface area contributed by atoms with Crippen LogP contribution in [-0.4, -0.2) is 11.0 Å². The number of pyridine rings is 1. The molecule has 0 bridgehead atoms. The van der Waals surface area contributed by atoms with Crippen LogP contribution in [0.25, 0.3) is 6.08 Å². The third-order valence-electron chi connectivity index (χ3n) is 1.91. The molecule has 0 atom stereocenters. The van der Waals surface area contributed by atoms with E-state index in [9.17, 15) is 4.79 Å². The van der Waals surface area contributed by atoms with Crippen LogP contribution >= 0.6 is 43.2 Å². The summed E-state index contributed by atoms with van der Waals surface area (Å²) in [4.78, 5) is 16.5. The molecular formula is C12H7Br2NO2S. The van der Waals surface area contributed by atoms with Gasteiger partial charge in [0.1, 0.15) is 4.60 Å². The first-order valence-electron chi connectivity index (χ1n) is 4.91. The Morgan fingerprint density at radius 1 is 1.33 bits per heavy atom. The number of rotatable bonds is 3. The lowest BCUT2D eigenvalue weighted by atomic mass is 10.4. The van der Waals surface area contributed by atoms with Gasteiger partial charge in [0, 0.05) is 17.2 Å². The van der Waals surface area contributed by atoms with Crippen molar-refractivity contribution in [1.82, 2.24) is 4.98 Å². The maximum Gasteiger partial charge on any atom is 0.336 e. The number of hydrogen-bond donors (Lipinski definition) is 0. The molecule has 0 aliphatic carbocycles. The van der Waals surface area contributed by atoms with E-state index in [4.69, 9.17) is 4.74 Å². The van der Waals surface area contributed by atoms with Gasteiger partial charge in [-0.15, -0.1) is 11.3 Å². The molecule has 0 radical (unpaired) electrons. The quantitative estimate of drug-likeness (QED) is 0.447. The van der Waals surface area contributed by atoms with E-state index in [2.05, 4.69) is 36.8 Å². The Balaban J connectivity index is 2.01. The minimum atomic E-state index is -0.437. The van der Waals surface area contributed by atoms with Gasteiger partial charge in [0.05, 0.1) is 3.79 Å². The first-order chi connectivity index (χ1) is 8.65. The van der Waals surface area contributed by atoms with Crippen molar-refractivity contribution < 1.29 is 9.53 Å². The zero-order valence-electron chi connectivity index (χ0n) is 8.97. The van der Waals surface area contributed by atoms with Crippen molar-refractivity contribution in [1.29, 1.82) is 0 Å². The van der Waals surface area contributed by atoms with E-state index in [-0.39, 0.29) is 0 Å². The van der Waals surface area contributed by atoms with Gasteiger partial charge in [-0.1, -0.05) is 0 Å². The summed E-state index contributed by atoms with van der Waals surface area (Å²) in [5.74, 6) is -0.0345. The highest BCUT2D eigenvalue weighted by molar-refractivity contribution is 9.11. The fourth-order valence-electron chi connectivity index (χ4n) is 1.16. The van der Waals surface area contributed by atoms with Crippen LogP contribution in [0.1, 0.15) is 4.88 Å². The molecule has 92 valence electrons. The molecule has 6 heteroatoms. The summed E-state index contributed by atoms with van der Waals surface area (Å²) in [5.41, 5.74) is 0. The van der Waals surface area contributed by atoms with Crippen molar-refractivity contribution in [3.8, 4) is 5.75 Å². The van der Waals surface area contributed by atoms with E-state index in [0.29, 0.717) is 10.4 Å². The lowest BCUT2D eigenvalue weighted by Crippen LogP contribution is -2.04. The number of nitrogens with zero attached hydrogens (tertiary/aromatic N) is 1. The van der Waals surface area contributed by atoms with Gasteiger partial charge in [-0.3, -0.25) is 0 Å². The average Bonchev–Trinajstić information content (AvgIpc) is 2.76. The molecule has 0 amide bonds. The monoisotopic (exact) mass is 387 g/mol. The van der Waals surface area contributed by atoms with Gasteiger partial charge in [-0.05, 0) is 62.2 Å². The zero-order valence-corrected chi connectivity index (χ0v) is 13.0. The normalized spacial score (nSPS) is 10.8. The molecule has 0 saturated heterocycles. The summed E-state index contributed by atoms with van der Waals surface area (Å²) in [6, 6.07) is 7.21. The minimum absolute atomic E-state index is 0.402. The highest BCUT2D eigenvalue weighted by Gasteiger charge is 2.05. The maximum atomic E-state index is 11.6. The van der Waals surface area contributed by atoms with Gasteiger partial charge in [-0.2, -0.15) is 0 Å². The van der Waals surface area contributed by atoms with Gasteiger partial charge < -0.3 is 4.74 Å². The number of hydrogen-bond acceptors (Lipinski definition) is 4. The first-order valence-corrected chi connectivity index (χ1v) is 7.31. The molecule has 0 aromatic carbocycles. The zero-order chi connectivity index (χ0) is 13.0. The minimum Gasteiger partial charge on any atom is -0.420 e. The van der Waals surface area contributed by atoms with Crippen LogP contribution in [-0.2, 0) is 4.79 Å².